The van der Waals surface area contributed by atoms with Crippen LogP contribution in [0.1, 0.15) is 19.3 Å². The van der Waals surface area contributed by atoms with Crippen molar-refractivity contribution < 1.29 is 13.7 Å². The van der Waals surface area contributed by atoms with Crippen molar-refractivity contribution in [1.82, 2.24) is 4.40 Å². The van der Waals surface area contributed by atoms with Gasteiger partial charge >= 0.3 is 0 Å². The van der Waals surface area contributed by atoms with E-state index in [1.807, 2.05) is 0 Å². The first-order chi connectivity index (χ1) is 14.0. The Morgan fingerprint density at radius 2 is 1.40 bits per heavy atom. The normalized spacial score (nSPS) is 19.2. The third kappa shape index (κ3) is 1.01. The van der Waals surface area contributed by atoms with Crippen LogP contribution in [0, 0.1) is 6.92 Å². The molecule has 5 rings (SSSR count). The van der Waals surface area contributed by atoms with Crippen LogP contribution in [0.3, 0.4) is 0 Å². The average Bonchev–Trinajstić information content (AvgIpc) is 3.24. The SMILES string of the molecule is [2H]c1c([2H])c([2H])c2c(c1[2H])c1c([2H])c([2H])c(C)c3c4c([2H])c([2H])c([2H])c([2H])c4n2c13. The molecule has 0 N–H and O–H groups in total. The number of hydrogen-bond donors (Lipinski definition) is 0. The molecule has 1 nitrogen and oxygen atoms in total. The lowest BCUT2D eigenvalue weighted by molar-refractivity contribution is 1.37. The second-order valence-electron chi connectivity index (χ2n) is 4.76. The standard InChI is InChI=1S/C19H13N/c1-12-10-11-14-13-6-2-4-8-16(13)20-17-9-5-3-7-15(17)18(12)19(14)20/h2-11H,1H3/i2D,3D,4D,5D,6D,7D,8D,9D,10D,11D. The summed E-state index contributed by atoms with van der Waals surface area (Å²) in [5, 5.41) is 0.770. The molecule has 2 aromatic heterocycles. The molecule has 2 heterocycles. The van der Waals surface area contributed by atoms with Gasteiger partial charge in [-0.1, -0.05) is 48.3 Å². The van der Waals surface area contributed by atoms with Crippen LogP contribution < -0.4 is 0 Å². The Kier molecular flexibility index (Phi) is 0.792. The molecule has 94 valence electrons. The van der Waals surface area contributed by atoms with E-state index in [1.54, 1.807) is 6.92 Å². The first-order valence-electron chi connectivity index (χ1n) is 11.2. The monoisotopic (exact) mass is 265 g/mol. The van der Waals surface area contributed by atoms with Crippen molar-refractivity contribution in [3.8, 4) is 0 Å². The van der Waals surface area contributed by atoms with Crippen LogP contribution >= 0.6 is 0 Å². The molecule has 5 aromatic rings. The number of para-hydroxylation sites is 2. The Balaban J connectivity index is 2.37. The van der Waals surface area contributed by atoms with Crippen LogP contribution in [0.25, 0.3) is 38.1 Å². The molecule has 0 saturated heterocycles. The van der Waals surface area contributed by atoms with Gasteiger partial charge in [0.25, 0.3) is 0 Å². The summed E-state index contributed by atoms with van der Waals surface area (Å²) in [6.45, 7) is 1.60. The van der Waals surface area contributed by atoms with E-state index in [0.29, 0.717) is 16.5 Å². The van der Waals surface area contributed by atoms with Gasteiger partial charge in [0.05, 0.1) is 30.3 Å². The Morgan fingerprint density at radius 3 is 2.20 bits per heavy atom. The van der Waals surface area contributed by atoms with Crippen molar-refractivity contribution in [1.29, 1.82) is 0 Å². The van der Waals surface area contributed by atoms with Gasteiger partial charge in [-0.2, -0.15) is 0 Å². The lowest BCUT2D eigenvalue weighted by atomic mass is 10.0. The van der Waals surface area contributed by atoms with Gasteiger partial charge in [0.15, 0.2) is 0 Å². The molecular formula is C19H13N. The van der Waals surface area contributed by atoms with Crippen molar-refractivity contribution in [3.05, 3.63) is 66.0 Å². The zero-order valence-electron chi connectivity index (χ0n) is 20.4. The fraction of sp³-hybridized carbons (Fsp3) is 0.0526. The number of aromatic nitrogens is 1. The molecule has 0 saturated carbocycles. The largest absolute Gasteiger partial charge is 0.308 e. The highest BCUT2D eigenvalue weighted by Crippen LogP contribution is 2.39. The summed E-state index contributed by atoms with van der Waals surface area (Å²) < 4.78 is 84.4. The van der Waals surface area contributed by atoms with Gasteiger partial charge in [0, 0.05) is 21.5 Å². The van der Waals surface area contributed by atoms with Crippen LogP contribution in [-0.2, 0) is 0 Å². The highest BCUT2D eigenvalue weighted by Gasteiger charge is 2.17. The topological polar surface area (TPSA) is 4.41 Å². The zero-order valence-corrected chi connectivity index (χ0v) is 10.4. The summed E-state index contributed by atoms with van der Waals surface area (Å²) >= 11 is 0. The van der Waals surface area contributed by atoms with E-state index in [9.17, 15) is 0 Å². The zero-order chi connectivity index (χ0) is 22.0. The van der Waals surface area contributed by atoms with E-state index < -0.39 is 24.2 Å². The molecular weight excluding hydrogens is 242 g/mol. The summed E-state index contributed by atoms with van der Waals surface area (Å²) in [6, 6.07) is -3.52. The minimum absolute atomic E-state index is 0.0412. The number of hydrogen-bond acceptors (Lipinski definition) is 0. The highest BCUT2D eigenvalue weighted by molar-refractivity contribution is 6.24. The summed E-state index contributed by atoms with van der Waals surface area (Å²) in [7, 11) is 0. The van der Waals surface area contributed by atoms with Gasteiger partial charge in [-0.3, -0.25) is 0 Å². The van der Waals surface area contributed by atoms with Crippen molar-refractivity contribution in [2.24, 2.45) is 0 Å². The van der Waals surface area contributed by atoms with Gasteiger partial charge in [-0.25, -0.2) is 0 Å². The molecule has 1 heteroatoms. The maximum Gasteiger partial charge on any atom is 0.0645 e. The minimum Gasteiger partial charge on any atom is -0.308 e. The number of nitrogens with zero attached hydrogens (tertiary/aromatic N) is 1. The first kappa shape index (κ1) is 4.78. The van der Waals surface area contributed by atoms with Crippen LogP contribution in [0.5, 0.6) is 0 Å². The molecule has 20 heavy (non-hydrogen) atoms. The molecule has 0 radical (unpaired) electrons. The second kappa shape index (κ2) is 3.31. The van der Waals surface area contributed by atoms with E-state index >= 15 is 0 Å². The van der Waals surface area contributed by atoms with E-state index in [2.05, 4.69) is 0 Å². The van der Waals surface area contributed by atoms with Crippen LogP contribution in [-0.4, -0.2) is 4.40 Å². The van der Waals surface area contributed by atoms with Gasteiger partial charge in [-0.15, -0.1) is 0 Å². The average molecular weight is 265 g/mol. The number of rotatable bonds is 0. The molecule has 0 fully saturated rings. The molecule has 0 amide bonds. The van der Waals surface area contributed by atoms with Gasteiger partial charge in [-0.05, 0) is 24.6 Å². The van der Waals surface area contributed by atoms with Crippen LogP contribution in [0.15, 0.2) is 60.4 Å². The fourth-order valence-corrected chi connectivity index (χ4v) is 2.94. The van der Waals surface area contributed by atoms with Gasteiger partial charge < -0.3 is 4.40 Å². The summed E-state index contributed by atoms with van der Waals surface area (Å²) in [5.41, 5.74) is 0.793. The fourth-order valence-electron chi connectivity index (χ4n) is 2.94. The predicted octanol–water partition coefficient (Wildman–Crippen LogP) is 5.15. The van der Waals surface area contributed by atoms with E-state index in [0.717, 1.165) is 0 Å². The minimum atomic E-state index is -0.475. The van der Waals surface area contributed by atoms with Gasteiger partial charge in [0.1, 0.15) is 0 Å². The molecule has 0 atom stereocenters. The third-order valence-corrected chi connectivity index (χ3v) is 3.73. The highest BCUT2D eigenvalue weighted by atomic mass is 14.9. The Morgan fingerprint density at radius 1 is 0.750 bits per heavy atom. The van der Waals surface area contributed by atoms with E-state index in [4.69, 9.17) is 13.7 Å². The second-order valence-corrected chi connectivity index (χ2v) is 4.76. The summed E-state index contributed by atoms with van der Waals surface area (Å²) in [6.07, 6.45) is 0. The predicted molar refractivity (Wildman–Crippen MR) is 85.8 cm³/mol. The molecule has 0 aliphatic carbocycles. The first-order valence-corrected chi connectivity index (χ1v) is 6.17. The van der Waals surface area contributed by atoms with Crippen LogP contribution in [0.4, 0.5) is 0 Å². The van der Waals surface area contributed by atoms with Crippen molar-refractivity contribution in [2.45, 2.75) is 6.92 Å². The smallest absolute Gasteiger partial charge is 0.0645 e. The van der Waals surface area contributed by atoms with Crippen molar-refractivity contribution in [3.63, 3.8) is 0 Å². The lowest BCUT2D eigenvalue weighted by Crippen LogP contribution is -1.78. The molecule has 0 aliphatic heterocycles. The Labute approximate surface area is 130 Å². The summed E-state index contributed by atoms with van der Waals surface area (Å²) in [4.78, 5) is 0. The van der Waals surface area contributed by atoms with Crippen molar-refractivity contribution >= 4 is 38.1 Å². The Hall–Kier alpha value is -2.54. The molecule has 0 bridgehead atoms. The lowest BCUT2D eigenvalue weighted by Gasteiger charge is -1.98. The number of benzene rings is 3. The van der Waals surface area contributed by atoms with E-state index in [1.165, 1.54) is 4.40 Å². The molecule has 0 spiro atoms. The summed E-state index contributed by atoms with van der Waals surface area (Å²) in [5.74, 6) is 0. The molecule has 0 aliphatic rings. The van der Waals surface area contributed by atoms with Gasteiger partial charge in [0.2, 0.25) is 0 Å². The van der Waals surface area contributed by atoms with Crippen molar-refractivity contribution in [2.75, 3.05) is 0 Å². The van der Waals surface area contributed by atoms with E-state index in [-0.39, 0.29) is 63.4 Å². The van der Waals surface area contributed by atoms with Crippen LogP contribution in [0.2, 0.25) is 0 Å². The molecule has 0 unspecified atom stereocenters. The number of aryl methyl sites for hydroxylation is 1. The molecule has 3 aromatic carbocycles. The quantitative estimate of drug-likeness (QED) is 0.365. The third-order valence-electron chi connectivity index (χ3n) is 3.73. The maximum absolute atomic E-state index is 8.52. The maximum atomic E-state index is 8.52. The number of fused-ring (bicyclic) bond motifs is 6. The Bertz CT molecular complexity index is 1480.